The molecule has 0 radical (unpaired) electrons. The zero-order chi connectivity index (χ0) is 23.0. The second-order valence-electron chi connectivity index (χ2n) is 8.42. The number of carbonyl (C=O) groups is 1. The van der Waals surface area contributed by atoms with E-state index < -0.39 is 5.97 Å². The zero-order valence-electron chi connectivity index (χ0n) is 17.8. The molecule has 7 heteroatoms. The van der Waals surface area contributed by atoms with Crippen LogP contribution in [0.5, 0.6) is 5.75 Å². The minimum atomic E-state index is -1.18. The lowest BCUT2D eigenvalue weighted by molar-refractivity contribution is 0.0658. The molecule has 0 atom stereocenters. The van der Waals surface area contributed by atoms with Crippen molar-refractivity contribution < 1.29 is 23.5 Å². The van der Waals surface area contributed by atoms with Gasteiger partial charge in [0.05, 0.1) is 5.39 Å². The Morgan fingerprint density at radius 1 is 1.03 bits per heavy atom. The van der Waals surface area contributed by atoms with Crippen molar-refractivity contribution in [3.63, 3.8) is 0 Å². The molecule has 2 heterocycles. The Morgan fingerprint density at radius 3 is 2.38 bits per heavy atom. The highest BCUT2D eigenvalue weighted by Crippen LogP contribution is 2.33. The molecule has 0 aliphatic heterocycles. The summed E-state index contributed by atoms with van der Waals surface area (Å²) in [6.07, 6.45) is 0. The number of rotatable bonds is 5. The molecule has 32 heavy (non-hydrogen) atoms. The zero-order valence-corrected chi connectivity index (χ0v) is 18.5. The smallest absolute Gasteiger partial charge is 0.371 e. The van der Waals surface area contributed by atoms with Gasteiger partial charge in [0.15, 0.2) is 5.76 Å². The van der Waals surface area contributed by atoms with Gasteiger partial charge in [-0.25, -0.2) is 4.79 Å². The summed E-state index contributed by atoms with van der Waals surface area (Å²) in [6.45, 7) is 6.21. The van der Waals surface area contributed by atoms with Crippen LogP contribution in [0.1, 0.15) is 42.6 Å². The fourth-order valence-corrected chi connectivity index (χ4v) is 3.48. The first-order chi connectivity index (χ1) is 15.1. The highest BCUT2D eigenvalue weighted by Gasteiger charge is 2.20. The van der Waals surface area contributed by atoms with E-state index in [0.29, 0.717) is 16.2 Å². The molecule has 0 saturated heterocycles. The predicted octanol–water partition coefficient (Wildman–Crippen LogP) is 6.28. The van der Waals surface area contributed by atoms with Gasteiger partial charge in [0.1, 0.15) is 18.0 Å². The third kappa shape index (κ3) is 4.27. The van der Waals surface area contributed by atoms with Crippen LogP contribution in [-0.2, 0) is 12.0 Å². The Labute approximate surface area is 189 Å². The summed E-state index contributed by atoms with van der Waals surface area (Å²) in [7, 11) is 0. The van der Waals surface area contributed by atoms with Gasteiger partial charge in [0, 0.05) is 10.6 Å². The van der Waals surface area contributed by atoms with E-state index in [-0.39, 0.29) is 45.9 Å². The van der Waals surface area contributed by atoms with Crippen LogP contribution in [0.4, 0.5) is 0 Å². The van der Waals surface area contributed by atoms with Crippen molar-refractivity contribution in [3.05, 3.63) is 86.9 Å². The maximum absolute atomic E-state index is 13.3. The Balaban J connectivity index is 1.80. The molecule has 0 aliphatic rings. The lowest BCUT2D eigenvalue weighted by Crippen LogP contribution is -2.11. The van der Waals surface area contributed by atoms with Gasteiger partial charge in [0.2, 0.25) is 16.9 Å². The number of hydrogen-bond donors (Lipinski definition) is 1. The highest BCUT2D eigenvalue weighted by atomic mass is 35.5. The summed E-state index contributed by atoms with van der Waals surface area (Å²) in [5.74, 6) is -0.858. The number of carboxylic acid groups (broad SMARTS) is 1. The third-order valence-electron chi connectivity index (χ3n) is 5.06. The molecule has 0 spiro atoms. The fraction of sp³-hybridized carbons (Fsp3) is 0.200. The van der Waals surface area contributed by atoms with Crippen LogP contribution in [0.3, 0.4) is 0 Å². The van der Waals surface area contributed by atoms with E-state index in [9.17, 15) is 9.59 Å². The van der Waals surface area contributed by atoms with Crippen molar-refractivity contribution in [2.24, 2.45) is 0 Å². The number of hydrogen-bond acceptors (Lipinski definition) is 5. The van der Waals surface area contributed by atoms with Crippen molar-refractivity contribution in [3.8, 4) is 17.1 Å². The molecule has 4 aromatic rings. The minimum absolute atomic E-state index is 0.00319. The molecule has 4 rings (SSSR count). The van der Waals surface area contributed by atoms with Gasteiger partial charge in [0.25, 0.3) is 0 Å². The second kappa shape index (κ2) is 8.20. The quantitative estimate of drug-likeness (QED) is 0.383. The molecule has 1 N–H and O–H groups in total. The van der Waals surface area contributed by atoms with Gasteiger partial charge in [-0.2, -0.15) is 0 Å². The highest BCUT2D eigenvalue weighted by molar-refractivity contribution is 6.31. The maximum atomic E-state index is 13.3. The van der Waals surface area contributed by atoms with Crippen molar-refractivity contribution in [1.82, 2.24) is 0 Å². The number of carboxylic acids is 1. The van der Waals surface area contributed by atoms with Crippen LogP contribution in [0.25, 0.3) is 22.3 Å². The molecule has 0 aliphatic carbocycles. The first-order valence-corrected chi connectivity index (χ1v) is 10.3. The molecule has 2 aromatic heterocycles. The Hall–Kier alpha value is -3.51. The Bertz CT molecular complexity index is 1360. The van der Waals surface area contributed by atoms with E-state index in [0.717, 1.165) is 5.56 Å². The molecular weight excluding hydrogens is 432 g/mol. The van der Waals surface area contributed by atoms with Gasteiger partial charge in [-0.05, 0) is 41.3 Å². The van der Waals surface area contributed by atoms with Crippen molar-refractivity contribution in [2.75, 3.05) is 0 Å². The maximum Gasteiger partial charge on any atom is 0.371 e. The van der Waals surface area contributed by atoms with Crippen LogP contribution in [0.2, 0.25) is 5.02 Å². The molecule has 0 amide bonds. The van der Waals surface area contributed by atoms with Crippen LogP contribution in [-0.4, -0.2) is 11.1 Å². The summed E-state index contributed by atoms with van der Waals surface area (Å²) < 4.78 is 17.1. The largest absolute Gasteiger partial charge is 0.478 e. The topological polar surface area (TPSA) is 89.9 Å². The Morgan fingerprint density at radius 2 is 1.75 bits per heavy atom. The minimum Gasteiger partial charge on any atom is -0.478 e. The van der Waals surface area contributed by atoms with Crippen LogP contribution >= 0.6 is 11.6 Å². The van der Waals surface area contributed by atoms with E-state index in [1.54, 1.807) is 12.1 Å². The lowest BCUT2D eigenvalue weighted by atomic mass is 9.86. The summed E-state index contributed by atoms with van der Waals surface area (Å²) in [5, 5.41) is 9.72. The van der Waals surface area contributed by atoms with Gasteiger partial charge < -0.3 is 18.7 Å². The molecule has 0 bridgehead atoms. The number of halogens is 1. The number of benzene rings is 2. The van der Waals surface area contributed by atoms with Crippen LogP contribution < -0.4 is 10.2 Å². The molecule has 2 aromatic carbocycles. The van der Waals surface area contributed by atoms with Crippen molar-refractivity contribution in [1.29, 1.82) is 0 Å². The molecule has 0 saturated carbocycles. The molecule has 0 fully saturated rings. The molecule has 164 valence electrons. The van der Waals surface area contributed by atoms with E-state index in [1.807, 2.05) is 24.3 Å². The fourth-order valence-electron chi connectivity index (χ4n) is 3.31. The first kappa shape index (κ1) is 21.7. The summed E-state index contributed by atoms with van der Waals surface area (Å²) in [6, 6.07) is 15.4. The normalized spacial score (nSPS) is 11.6. The van der Waals surface area contributed by atoms with Crippen molar-refractivity contribution >= 4 is 28.5 Å². The van der Waals surface area contributed by atoms with Gasteiger partial charge in [-0.1, -0.05) is 56.6 Å². The average Bonchev–Trinajstić information content (AvgIpc) is 3.22. The van der Waals surface area contributed by atoms with E-state index in [4.69, 9.17) is 30.3 Å². The van der Waals surface area contributed by atoms with Crippen molar-refractivity contribution in [2.45, 2.75) is 32.8 Å². The lowest BCUT2D eigenvalue weighted by Gasteiger charge is -2.19. The Kier molecular flexibility index (Phi) is 5.57. The van der Waals surface area contributed by atoms with Gasteiger partial charge in [-0.15, -0.1) is 0 Å². The standard InChI is InChI=1S/C25H21ClO6/c1-25(2,3)15-6-4-14(5-7-15)22-23(30-13-17-9-11-20(31-17)24(28)29)21(27)18-12-16(26)8-10-19(18)32-22/h4-12H,13H2,1-3H3,(H,28,29). The van der Waals surface area contributed by atoms with Crippen LogP contribution in [0.15, 0.2) is 68.2 Å². The van der Waals surface area contributed by atoms with Crippen LogP contribution in [0, 0.1) is 0 Å². The van der Waals surface area contributed by atoms with E-state index >= 15 is 0 Å². The average molecular weight is 453 g/mol. The summed E-state index contributed by atoms with van der Waals surface area (Å²) in [4.78, 5) is 24.3. The molecule has 6 nitrogen and oxygen atoms in total. The first-order valence-electron chi connectivity index (χ1n) is 9.95. The summed E-state index contributed by atoms with van der Waals surface area (Å²) >= 11 is 6.07. The predicted molar refractivity (Wildman–Crippen MR) is 122 cm³/mol. The SMILES string of the molecule is CC(C)(C)c1ccc(-c2oc3ccc(Cl)cc3c(=O)c2OCc2ccc(C(=O)O)o2)cc1. The van der Waals surface area contributed by atoms with E-state index in [2.05, 4.69) is 20.8 Å². The number of furan rings is 1. The number of fused-ring (bicyclic) bond motifs is 1. The molecule has 0 unspecified atom stereocenters. The van der Waals surface area contributed by atoms with E-state index in [1.165, 1.54) is 18.2 Å². The second-order valence-corrected chi connectivity index (χ2v) is 8.85. The molecular formula is C25H21ClO6. The number of aromatic carboxylic acids is 1. The summed E-state index contributed by atoms with van der Waals surface area (Å²) in [5.41, 5.74) is 1.78. The monoisotopic (exact) mass is 452 g/mol. The third-order valence-corrected chi connectivity index (χ3v) is 5.29. The van der Waals surface area contributed by atoms with Gasteiger partial charge in [-0.3, -0.25) is 4.79 Å². The number of ether oxygens (including phenoxy) is 1. The van der Waals surface area contributed by atoms with Gasteiger partial charge >= 0.3 is 5.97 Å².